The van der Waals surface area contributed by atoms with Crippen LogP contribution in [-0.4, -0.2) is 50.8 Å². The van der Waals surface area contributed by atoms with Crippen molar-refractivity contribution in [3.63, 3.8) is 0 Å². The number of rotatable bonds is 13. The third kappa shape index (κ3) is 7.94. The zero-order chi connectivity index (χ0) is 29.3. The Morgan fingerprint density at radius 2 is 1.55 bits per heavy atom. The molecular weight excluding hydrogens is 522 g/mol. The summed E-state index contributed by atoms with van der Waals surface area (Å²) in [6.45, 7) is 9.71. The summed E-state index contributed by atoms with van der Waals surface area (Å²) in [7, 11) is -4.08. The Morgan fingerprint density at radius 1 is 0.900 bits per heavy atom. The molecule has 2 amide bonds. The third-order valence-electron chi connectivity index (χ3n) is 7.00. The van der Waals surface area contributed by atoms with Crippen LogP contribution in [0.15, 0.2) is 77.7 Å². The van der Waals surface area contributed by atoms with Crippen LogP contribution in [0.1, 0.15) is 48.9 Å². The molecular formula is C32H41N3O4S. The summed E-state index contributed by atoms with van der Waals surface area (Å²) in [4.78, 5) is 28.6. The van der Waals surface area contributed by atoms with E-state index in [9.17, 15) is 18.0 Å². The summed E-state index contributed by atoms with van der Waals surface area (Å²) < 4.78 is 29.2. The highest BCUT2D eigenvalue weighted by atomic mass is 32.2. The lowest BCUT2D eigenvalue weighted by Gasteiger charge is -2.32. The highest BCUT2D eigenvalue weighted by Crippen LogP contribution is 2.28. The molecule has 3 aromatic carbocycles. The molecule has 0 radical (unpaired) electrons. The van der Waals surface area contributed by atoms with Gasteiger partial charge in [0.05, 0.1) is 10.6 Å². The Hall–Kier alpha value is -3.65. The van der Waals surface area contributed by atoms with E-state index in [1.807, 2.05) is 70.2 Å². The molecule has 0 saturated carbocycles. The van der Waals surface area contributed by atoms with Crippen LogP contribution < -0.4 is 9.62 Å². The highest BCUT2D eigenvalue weighted by Gasteiger charge is 2.33. The number of anilines is 1. The number of carbonyl (C=O) groups is 2. The van der Waals surface area contributed by atoms with Crippen molar-refractivity contribution in [3.8, 4) is 0 Å². The van der Waals surface area contributed by atoms with Gasteiger partial charge < -0.3 is 10.2 Å². The summed E-state index contributed by atoms with van der Waals surface area (Å²) in [5.74, 6) is -0.694. The Morgan fingerprint density at radius 3 is 2.20 bits per heavy atom. The summed E-state index contributed by atoms with van der Waals surface area (Å²) in [5.41, 5.74) is 4.01. The van der Waals surface area contributed by atoms with E-state index in [0.29, 0.717) is 18.7 Å². The number of amides is 2. The van der Waals surface area contributed by atoms with Crippen molar-refractivity contribution in [2.75, 3.05) is 23.9 Å². The fourth-order valence-electron chi connectivity index (χ4n) is 4.45. The normalized spacial score (nSPS) is 12.0. The van der Waals surface area contributed by atoms with Gasteiger partial charge in [0.1, 0.15) is 12.6 Å². The summed E-state index contributed by atoms with van der Waals surface area (Å²) >= 11 is 0. The molecule has 0 aliphatic carbocycles. The predicted octanol–water partition coefficient (Wildman–Crippen LogP) is 5.18. The van der Waals surface area contributed by atoms with Crippen LogP contribution in [0.4, 0.5) is 5.69 Å². The lowest BCUT2D eigenvalue weighted by atomic mass is 10.1. The Kier molecular flexibility index (Phi) is 10.9. The number of carbonyl (C=O) groups excluding carboxylic acids is 2. The van der Waals surface area contributed by atoms with Gasteiger partial charge in [-0.05, 0) is 75.4 Å². The van der Waals surface area contributed by atoms with Gasteiger partial charge in [-0.1, -0.05) is 73.5 Å². The van der Waals surface area contributed by atoms with Crippen molar-refractivity contribution in [2.24, 2.45) is 0 Å². The van der Waals surface area contributed by atoms with Gasteiger partial charge in [-0.3, -0.25) is 13.9 Å². The van der Waals surface area contributed by atoms with Gasteiger partial charge in [0.15, 0.2) is 0 Å². The van der Waals surface area contributed by atoms with Crippen molar-refractivity contribution >= 4 is 27.5 Å². The standard InChI is InChI=1S/C32H41N3O4S/c1-6-7-20-33-32(37)27(5)34(21-19-28-11-9-8-10-12-28)31(36)23-35(30-22-25(3)13-16-26(30)4)40(38,39)29-17-14-24(2)15-18-29/h8-18,22,27H,6-7,19-21,23H2,1-5H3,(H,33,37)/t27-/m0/s1. The molecule has 214 valence electrons. The van der Waals surface area contributed by atoms with E-state index in [2.05, 4.69) is 5.32 Å². The van der Waals surface area contributed by atoms with Gasteiger partial charge in [0.25, 0.3) is 10.0 Å². The smallest absolute Gasteiger partial charge is 0.264 e. The van der Waals surface area contributed by atoms with Crippen LogP contribution in [0.5, 0.6) is 0 Å². The Balaban J connectivity index is 1.99. The van der Waals surface area contributed by atoms with E-state index in [-0.39, 0.29) is 17.3 Å². The van der Waals surface area contributed by atoms with Crippen molar-refractivity contribution in [1.82, 2.24) is 10.2 Å². The minimum absolute atomic E-state index is 0.105. The molecule has 0 fully saturated rings. The molecule has 0 aromatic heterocycles. The molecule has 40 heavy (non-hydrogen) atoms. The number of nitrogens with one attached hydrogen (secondary N) is 1. The molecule has 0 saturated heterocycles. The SMILES string of the molecule is CCCCNC(=O)[C@H](C)N(CCc1ccccc1)C(=O)CN(c1cc(C)ccc1C)S(=O)(=O)c1ccc(C)cc1. The van der Waals surface area contributed by atoms with Crippen LogP contribution in [0.25, 0.3) is 0 Å². The van der Waals surface area contributed by atoms with Crippen molar-refractivity contribution in [2.45, 2.75) is 64.8 Å². The minimum Gasteiger partial charge on any atom is -0.354 e. The molecule has 0 spiro atoms. The number of sulfonamides is 1. The first-order valence-electron chi connectivity index (χ1n) is 13.8. The van der Waals surface area contributed by atoms with Crippen molar-refractivity contribution in [3.05, 3.63) is 95.1 Å². The molecule has 0 aliphatic heterocycles. The molecule has 8 heteroatoms. The monoisotopic (exact) mass is 563 g/mol. The van der Waals surface area contributed by atoms with E-state index in [1.165, 1.54) is 9.21 Å². The Labute approximate surface area is 239 Å². The number of hydrogen-bond acceptors (Lipinski definition) is 4. The van der Waals surface area contributed by atoms with Crippen LogP contribution in [0.3, 0.4) is 0 Å². The van der Waals surface area contributed by atoms with Gasteiger partial charge >= 0.3 is 0 Å². The second-order valence-corrected chi connectivity index (χ2v) is 12.1. The predicted molar refractivity (Wildman–Crippen MR) is 161 cm³/mol. The van der Waals surface area contributed by atoms with Gasteiger partial charge in [0, 0.05) is 13.1 Å². The summed E-state index contributed by atoms with van der Waals surface area (Å²) in [6.07, 6.45) is 2.31. The third-order valence-corrected chi connectivity index (χ3v) is 8.78. The van der Waals surface area contributed by atoms with Crippen LogP contribution in [0.2, 0.25) is 0 Å². The average Bonchev–Trinajstić information content (AvgIpc) is 2.94. The van der Waals surface area contributed by atoms with E-state index in [0.717, 1.165) is 35.1 Å². The number of unbranched alkanes of at least 4 members (excludes halogenated alkanes) is 1. The van der Waals surface area contributed by atoms with Gasteiger partial charge in [-0.15, -0.1) is 0 Å². The first-order valence-corrected chi connectivity index (χ1v) is 15.3. The van der Waals surface area contributed by atoms with Crippen molar-refractivity contribution < 1.29 is 18.0 Å². The molecule has 0 aliphatic rings. The van der Waals surface area contributed by atoms with E-state index in [1.54, 1.807) is 37.3 Å². The quantitative estimate of drug-likeness (QED) is 0.290. The molecule has 1 atom stereocenters. The average molecular weight is 564 g/mol. The van der Waals surface area contributed by atoms with Crippen LogP contribution in [0, 0.1) is 20.8 Å². The molecule has 0 bridgehead atoms. The number of hydrogen-bond donors (Lipinski definition) is 1. The maximum absolute atomic E-state index is 14.0. The van der Waals surface area contributed by atoms with E-state index >= 15 is 0 Å². The van der Waals surface area contributed by atoms with Gasteiger partial charge in [-0.2, -0.15) is 0 Å². The number of nitrogens with zero attached hydrogens (tertiary/aromatic N) is 2. The molecule has 0 unspecified atom stereocenters. The maximum Gasteiger partial charge on any atom is 0.264 e. The first kappa shape index (κ1) is 30.9. The number of aryl methyl sites for hydroxylation is 3. The summed E-state index contributed by atoms with van der Waals surface area (Å²) in [5, 5.41) is 2.92. The topological polar surface area (TPSA) is 86.8 Å². The molecule has 0 heterocycles. The highest BCUT2D eigenvalue weighted by molar-refractivity contribution is 7.92. The van der Waals surface area contributed by atoms with Crippen LogP contribution >= 0.6 is 0 Å². The fraction of sp³-hybridized carbons (Fsp3) is 0.375. The molecule has 1 N–H and O–H groups in total. The minimum atomic E-state index is -4.08. The Bertz CT molecular complexity index is 1390. The zero-order valence-corrected chi connectivity index (χ0v) is 25.0. The van der Waals surface area contributed by atoms with E-state index in [4.69, 9.17) is 0 Å². The first-order chi connectivity index (χ1) is 19.0. The zero-order valence-electron chi connectivity index (χ0n) is 24.2. The largest absolute Gasteiger partial charge is 0.354 e. The van der Waals surface area contributed by atoms with Gasteiger partial charge in [-0.25, -0.2) is 8.42 Å². The molecule has 7 nitrogen and oxygen atoms in total. The van der Waals surface area contributed by atoms with E-state index < -0.39 is 28.5 Å². The number of benzene rings is 3. The molecule has 3 aromatic rings. The summed E-state index contributed by atoms with van der Waals surface area (Å²) in [6, 6.07) is 21.1. The second-order valence-electron chi connectivity index (χ2n) is 10.3. The second kappa shape index (κ2) is 14.1. The van der Waals surface area contributed by atoms with Crippen LogP contribution in [-0.2, 0) is 26.0 Å². The van der Waals surface area contributed by atoms with Crippen molar-refractivity contribution in [1.29, 1.82) is 0 Å². The lowest BCUT2D eigenvalue weighted by molar-refractivity contribution is -0.138. The fourth-order valence-corrected chi connectivity index (χ4v) is 5.92. The maximum atomic E-state index is 14.0. The van der Waals surface area contributed by atoms with Gasteiger partial charge in [0.2, 0.25) is 11.8 Å². The lowest BCUT2D eigenvalue weighted by Crippen LogP contribution is -2.52. The molecule has 3 rings (SSSR count).